The molecule has 0 saturated carbocycles. The number of ether oxygens (including phenoxy) is 2. The first kappa shape index (κ1) is 17.1. The molecule has 0 fully saturated rings. The topological polar surface area (TPSA) is 72.8 Å². The molecular weight excluding hydrogens is 382 g/mol. The van der Waals surface area contributed by atoms with Gasteiger partial charge in [-0.05, 0) is 35.4 Å². The van der Waals surface area contributed by atoms with Gasteiger partial charge in [0.05, 0.1) is 17.6 Å². The summed E-state index contributed by atoms with van der Waals surface area (Å²) in [6.07, 6.45) is 2.07. The van der Waals surface area contributed by atoms with E-state index in [2.05, 4.69) is 22.1 Å². The molecule has 0 bridgehead atoms. The molecule has 1 unspecified atom stereocenters. The van der Waals surface area contributed by atoms with Crippen molar-refractivity contribution in [2.45, 2.75) is 12.8 Å². The van der Waals surface area contributed by atoms with Crippen molar-refractivity contribution < 1.29 is 19.1 Å². The van der Waals surface area contributed by atoms with E-state index in [1.807, 2.05) is 37.4 Å². The number of anilines is 1. The molecule has 3 aromatic rings. The molecule has 1 N–H and O–H groups in total. The van der Waals surface area contributed by atoms with Crippen molar-refractivity contribution in [3.05, 3.63) is 65.0 Å². The Labute approximate surface area is 172 Å². The zero-order chi connectivity index (χ0) is 20.6. The molecule has 1 atom stereocenters. The first-order chi connectivity index (χ1) is 14.5. The minimum Gasteiger partial charge on any atom is -0.454 e. The highest BCUT2D eigenvalue weighted by Crippen LogP contribution is 2.47. The predicted octanol–water partition coefficient (Wildman–Crippen LogP) is 3.11. The summed E-state index contributed by atoms with van der Waals surface area (Å²) in [5.41, 5.74) is 5.35. The molecule has 150 valence electrons. The van der Waals surface area contributed by atoms with Gasteiger partial charge < -0.3 is 19.4 Å². The third-order valence-electron chi connectivity index (χ3n) is 6.16. The van der Waals surface area contributed by atoms with E-state index in [9.17, 15) is 9.59 Å². The van der Waals surface area contributed by atoms with Gasteiger partial charge >= 0.3 is 0 Å². The van der Waals surface area contributed by atoms with Gasteiger partial charge in [-0.2, -0.15) is 0 Å². The Hall–Kier alpha value is -3.74. The van der Waals surface area contributed by atoms with Crippen LogP contribution in [0, 0.1) is 0 Å². The van der Waals surface area contributed by atoms with E-state index in [4.69, 9.17) is 9.47 Å². The second-order valence-electron chi connectivity index (χ2n) is 7.87. The minimum atomic E-state index is -0.328. The zero-order valence-electron chi connectivity index (χ0n) is 16.6. The van der Waals surface area contributed by atoms with Crippen LogP contribution in [0.15, 0.2) is 53.9 Å². The Morgan fingerprint density at radius 3 is 2.83 bits per heavy atom. The Morgan fingerprint density at radius 1 is 1.17 bits per heavy atom. The van der Waals surface area contributed by atoms with Crippen molar-refractivity contribution in [2.75, 3.05) is 18.7 Å². The van der Waals surface area contributed by atoms with Crippen LogP contribution in [0.3, 0.4) is 0 Å². The Kier molecular flexibility index (Phi) is 3.36. The maximum absolute atomic E-state index is 13.4. The highest BCUT2D eigenvalue weighted by molar-refractivity contribution is 6.11. The van der Waals surface area contributed by atoms with Gasteiger partial charge in [0, 0.05) is 42.9 Å². The van der Waals surface area contributed by atoms with Crippen LogP contribution in [-0.2, 0) is 16.6 Å². The molecule has 1 aromatic heterocycles. The first-order valence-electron chi connectivity index (χ1n) is 9.83. The highest BCUT2D eigenvalue weighted by atomic mass is 16.7. The van der Waals surface area contributed by atoms with Crippen molar-refractivity contribution >= 4 is 28.4 Å². The number of amides is 2. The van der Waals surface area contributed by atoms with Crippen molar-refractivity contribution in [2.24, 2.45) is 7.05 Å². The first-order valence-corrected chi connectivity index (χ1v) is 9.83. The molecule has 3 aliphatic heterocycles. The number of fused-ring (bicyclic) bond motifs is 1. The maximum atomic E-state index is 13.4. The SMILES string of the molecule is CC(=O)N1CC2=C(C1=O)C(c1ccc3c(c1)OCO3)c1cn(C)c3cccc(c13)N2. The van der Waals surface area contributed by atoms with E-state index < -0.39 is 0 Å². The molecule has 7 heteroatoms. The largest absolute Gasteiger partial charge is 0.454 e. The number of hydrogen-bond acceptors (Lipinski definition) is 5. The summed E-state index contributed by atoms with van der Waals surface area (Å²) in [6, 6.07) is 11.9. The van der Waals surface area contributed by atoms with Crippen molar-refractivity contribution in [3.8, 4) is 11.5 Å². The zero-order valence-corrected chi connectivity index (χ0v) is 16.6. The summed E-state index contributed by atoms with van der Waals surface area (Å²) in [6.45, 7) is 1.86. The number of nitrogens with zero attached hydrogens (tertiary/aromatic N) is 2. The summed E-state index contributed by atoms with van der Waals surface area (Å²) in [7, 11) is 2.00. The molecule has 30 heavy (non-hydrogen) atoms. The Bertz CT molecular complexity index is 1300. The summed E-state index contributed by atoms with van der Waals surface area (Å²) in [4.78, 5) is 26.8. The molecule has 2 aromatic carbocycles. The van der Waals surface area contributed by atoms with Gasteiger partial charge in [-0.15, -0.1) is 0 Å². The van der Waals surface area contributed by atoms with Gasteiger partial charge in [0.25, 0.3) is 5.91 Å². The molecule has 3 aliphatic rings. The third-order valence-corrected chi connectivity index (χ3v) is 6.16. The fourth-order valence-corrected chi connectivity index (χ4v) is 4.81. The third kappa shape index (κ3) is 2.20. The summed E-state index contributed by atoms with van der Waals surface area (Å²) in [5.74, 6) is 0.525. The average molecular weight is 401 g/mol. The van der Waals surface area contributed by atoms with Crippen LogP contribution < -0.4 is 14.8 Å². The summed E-state index contributed by atoms with van der Waals surface area (Å²) < 4.78 is 13.1. The van der Waals surface area contributed by atoms with Gasteiger partial charge in [-0.1, -0.05) is 12.1 Å². The summed E-state index contributed by atoms with van der Waals surface area (Å²) in [5, 5.41) is 4.54. The number of carbonyl (C=O) groups is 2. The minimum absolute atomic E-state index is 0.189. The number of imide groups is 1. The van der Waals surface area contributed by atoms with E-state index >= 15 is 0 Å². The van der Waals surface area contributed by atoms with Crippen LogP contribution in [0.4, 0.5) is 5.69 Å². The lowest BCUT2D eigenvalue weighted by Crippen LogP contribution is -2.33. The van der Waals surface area contributed by atoms with E-state index in [1.54, 1.807) is 0 Å². The van der Waals surface area contributed by atoms with Crippen LogP contribution >= 0.6 is 0 Å². The van der Waals surface area contributed by atoms with Gasteiger partial charge in [-0.3, -0.25) is 14.5 Å². The number of carbonyl (C=O) groups excluding carboxylic acids is 2. The van der Waals surface area contributed by atoms with Crippen LogP contribution in [0.2, 0.25) is 0 Å². The lowest BCUT2D eigenvalue weighted by molar-refractivity contribution is -0.139. The van der Waals surface area contributed by atoms with Crippen LogP contribution in [-0.4, -0.2) is 34.6 Å². The van der Waals surface area contributed by atoms with Crippen molar-refractivity contribution in [1.29, 1.82) is 0 Å². The molecule has 4 heterocycles. The van der Waals surface area contributed by atoms with Crippen LogP contribution in [0.25, 0.3) is 10.9 Å². The lowest BCUT2D eigenvalue weighted by atomic mass is 9.84. The fraction of sp³-hybridized carbons (Fsp3) is 0.217. The smallest absolute Gasteiger partial charge is 0.259 e. The number of aryl methyl sites for hydroxylation is 1. The number of hydrogen-bond donors (Lipinski definition) is 1. The van der Waals surface area contributed by atoms with Crippen molar-refractivity contribution in [1.82, 2.24) is 9.47 Å². The average Bonchev–Trinajstić information content (AvgIpc) is 3.38. The van der Waals surface area contributed by atoms with Gasteiger partial charge in [-0.25, -0.2) is 0 Å². The molecule has 0 saturated heterocycles. The molecule has 7 nitrogen and oxygen atoms in total. The standard InChI is InChI=1S/C23H19N3O4/c1-12(27)26-10-16-22(23(26)28)20(13-6-7-18-19(8-13)30-11-29-18)14-9-25(2)17-5-3-4-15(24-16)21(14)17/h3-9,20,24H,10-11H2,1-2H3. The molecule has 2 amide bonds. The maximum Gasteiger partial charge on any atom is 0.259 e. The van der Waals surface area contributed by atoms with E-state index in [1.165, 1.54) is 11.8 Å². The molecule has 0 spiro atoms. The van der Waals surface area contributed by atoms with E-state index in [-0.39, 0.29) is 31.1 Å². The highest BCUT2D eigenvalue weighted by Gasteiger charge is 2.41. The van der Waals surface area contributed by atoms with Gasteiger partial charge in [0.15, 0.2) is 11.5 Å². The Balaban J connectivity index is 1.63. The number of benzene rings is 2. The normalized spacial score (nSPS) is 19.2. The number of nitrogens with one attached hydrogen (secondary N) is 1. The second kappa shape index (κ2) is 5.89. The van der Waals surface area contributed by atoms with Crippen molar-refractivity contribution in [3.63, 3.8) is 0 Å². The molecule has 0 aliphatic carbocycles. The quantitative estimate of drug-likeness (QED) is 0.678. The van der Waals surface area contributed by atoms with Gasteiger partial charge in [0.2, 0.25) is 12.7 Å². The lowest BCUT2D eigenvalue weighted by Gasteiger charge is -2.19. The predicted molar refractivity (Wildman–Crippen MR) is 110 cm³/mol. The fourth-order valence-electron chi connectivity index (χ4n) is 4.81. The monoisotopic (exact) mass is 401 g/mol. The van der Waals surface area contributed by atoms with Gasteiger partial charge in [0.1, 0.15) is 0 Å². The van der Waals surface area contributed by atoms with Crippen LogP contribution in [0.1, 0.15) is 24.0 Å². The molecule has 0 radical (unpaired) electrons. The Morgan fingerprint density at radius 2 is 2.00 bits per heavy atom. The van der Waals surface area contributed by atoms with Crippen LogP contribution in [0.5, 0.6) is 11.5 Å². The number of aromatic nitrogens is 1. The summed E-state index contributed by atoms with van der Waals surface area (Å²) >= 11 is 0. The number of rotatable bonds is 1. The molecular formula is C23H19N3O4. The second-order valence-corrected chi connectivity index (χ2v) is 7.87. The van der Waals surface area contributed by atoms with E-state index in [0.717, 1.165) is 33.4 Å². The molecule has 6 rings (SSSR count). The van der Waals surface area contributed by atoms with E-state index in [0.29, 0.717) is 17.1 Å².